The fourth-order valence-corrected chi connectivity index (χ4v) is 3.06. The van der Waals surface area contributed by atoms with Crippen molar-refractivity contribution < 1.29 is 17.9 Å². The van der Waals surface area contributed by atoms with Crippen molar-refractivity contribution in [1.82, 2.24) is 4.31 Å². The molecule has 0 heterocycles. The number of rotatable bonds is 5. The first-order chi connectivity index (χ1) is 9.36. The van der Waals surface area contributed by atoms with Gasteiger partial charge in [-0.3, -0.25) is 4.79 Å². The second kappa shape index (κ2) is 6.36. The summed E-state index contributed by atoms with van der Waals surface area (Å²) in [5.74, 6) is -0.664. The first kappa shape index (κ1) is 15.9. The maximum atomic E-state index is 12.4. The minimum Gasteiger partial charge on any atom is -0.468 e. The lowest BCUT2D eigenvalue weighted by Gasteiger charge is -2.20. The second-order valence-electron chi connectivity index (χ2n) is 3.87. The number of methoxy groups -OCH3 is 1. The fourth-order valence-electron chi connectivity index (χ4n) is 1.57. The van der Waals surface area contributed by atoms with E-state index < -0.39 is 22.5 Å². The first-order valence-electron chi connectivity index (χ1n) is 5.73. The minimum atomic E-state index is -3.91. The van der Waals surface area contributed by atoms with E-state index in [0.29, 0.717) is 0 Å². The quantitative estimate of drug-likeness (QED) is 0.618. The molecule has 1 aromatic carbocycles. The third-order valence-electron chi connectivity index (χ3n) is 2.64. The Morgan fingerprint density at radius 1 is 1.50 bits per heavy atom. The first-order valence-corrected chi connectivity index (χ1v) is 7.17. The van der Waals surface area contributed by atoms with Crippen LogP contribution in [0.25, 0.3) is 0 Å². The largest absolute Gasteiger partial charge is 0.468 e. The summed E-state index contributed by atoms with van der Waals surface area (Å²) in [5, 5.41) is 8.74. The standard InChI is InChI=1S/C12H15N3O4S/c1-3-15(8-12(16)19-2)20(17,18)11-5-4-9(7-13)6-10(11)14/h4-6H,3,8,14H2,1-2H3. The Kier molecular flexibility index (Phi) is 5.07. The van der Waals surface area contributed by atoms with E-state index >= 15 is 0 Å². The van der Waals surface area contributed by atoms with Crippen molar-refractivity contribution >= 4 is 21.7 Å². The smallest absolute Gasteiger partial charge is 0.321 e. The Morgan fingerprint density at radius 3 is 2.60 bits per heavy atom. The Balaban J connectivity index is 3.21. The van der Waals surface area contributed by atoms with Gasteiger partial charge in [0, 0.05) is 6.54 Å². The average molecular weight is 297 g/mol. The molecular weight excluding hydrogens is 282 g/mol. The predicted octanol–water partition coefficient (Wildman–Crippen LogP) is 0.324. The molecule has 7 nitrogen and oxygen atoms in total. The zero-order chi connectivity index (χ0) is 15.3. The van der Waals surface area contributed by atoms with Crippen LogP contribution in [-0.2, 0) is 19.6 Å². The summed E-state index contributed by atoms with van der Waals surface area (Å²) in [6, 6.07) is 5.75. The van der Waals surface area contributed by atoms with Gasteiger partial charge < -0.3 is 10.5 Å². The number of nitriles is 1. The van der Waals surface area contributed by atoms with E-state index in [0.717, 1.165) is 4.31 Å². The van der Waals surface area contributed by atoms with E-state index in [9.17, 15) is 13.2 Å². The Labute approximate surface area is 117 Å². The summed E-state index contributed by atoms with van der Waals surface area (Å²) in [7, 11) is -2.73. The molecule has 0 amide bonds. The average Bonchev–Trinajstić information content (AvgIpc) is 2.43. The van der Waals surface area contributed by atoms with Crippen molar-refractivity contribution in [3.05, 3.63) is 23.8 Å². The van der Waals surface area contributed by atoms with Crippen LogP contribution in [0.5, 0.6) is 0 Å². The van der Waals surface area contributed by atoms with Gasteiger partial charge in [-0.25, -0.2) is 8.42 Å². The third-order valence-corrected chi connectivity index (χ3v) is 4.64. The molecule has 1 rings (SSSR count). The van der Waals surface area contributed by atoms with Gasteiger partial charge in [0.2, 0.25) is 10.0 Å². The molecule has 0 aliphatic rings. The van der Waals surface area contributed by atoms with Gasteiger partial charge in [-0.1, -0.05) is 6.92 Å². The lowest BCUT2D eigenvalue weighted by molar-refractivity contribution is -0.140. The molecule has 108 valence electrons. The van der Waals surface area contributed by atoms with Crippen LogP contribution < -0.4 is 5.73 Å². The summed E-state index contributed by atoms with van der Waals surface area (Å²) < 4.78 is 30.2. The van der Waals surface area contributed by atoms with Crippen LogP contribution >= 0.6 is 0 Å². The van der Waals surface area contributed by atoms with Crippen molar-refractivity contribution in [3.8, 4) is 6.07 Å². The van der Waals surface area contributed by atoms with Crippen molar-refractivity contribution in [3.63, 3.8) is 0 Å². The minimum absolute atomic E-state index is 0.0348. The van der Waals surface area contributed by atoms with Crippen LogP contribution in [0, 0.1) is 11.3 Å². The Bertz CT molecular complexity index is 649. The van der Waals surface area contributed by atoms with Gasteiger partial charge in [-0.2, -0.15) is 9.57 Å². The van der Waals surface area contributed by atoms with E-state index in [1.807, 2.05) is 6.07 Å². The van der Waals surface area contributed by atoms with Gasteiger partial charge in [0.25, 0.3) is 0 Å². The number of hydrogen-bond acceptors (Lipinski definition) is 6. The van der Waals surface area contributed by atoms with Gasteiger partial charge >= 0.3 is 5.97 Å². The number of nitrogens with two attached hydrogens (primary N) is 1. The second-order valence-corrected chi connectivity index (χ2v) is 5.78. The van der Waals surface area contributed by atoms with Gasteiger partial charge in [-0.15, -0.1) is 0 Å². The molecule has 0 saturated carbocycles. The zero-order valence-electron chi connectivity index (χ0n) is 11.2. The number of hydrogen-bond donors (Lipinski definition) is 1. The number of carbonyl (C=O) groups is 1. The molecule has 0 radical (unpaired) electrons. The molecule has 0 atom stereocenters. The van der Waals surface area contributed by atoms with E-state index in [4.69, 9.17) is 11.0 Å². The molecule has 0 spiro atoms. The number of sulfonamides is 1. The summed E-state index contributed by atoms with van der Waals surface area (Å²) in [5.41, 5.74) is 5.89. The molecule has 0 aromatic heterocycles. The predicted molar refractivity (Wildman–Crippen MR) is 72.0 cm³/mol. The van der Waals surface area contributed by atoms with E-state index in [2.05, 4.69) is 4.74 Å². The monoisotopic (exact) mass is 297 g/mol. The zero-order valence-corrected chi connectivity index (χ0v) is 12.0. The highest BCUT2D eigenvalue weighted by Crippen LogP contribution is 2.23. The number of nitrogens with zero attached hydrogens (tertiary/aromatic N) is 2. The Morgan fingerprint density at radius 2 is 2.15 bits per heavy atom. The van der Waals surface area contributed by atoms with Gasteiger partial charge in [0.05, 0.1) is 24.4 Å². The molecule has 0 bridgehead atoms. The third kappa shape index (κ3) is 3.26. The van der Waals surface area contributed by atoms with Crippen molar-refractivity contribution in [2.75, 3.05) is 25.9 Å². The van der Waals surface area contributed by atoms with Crippen molar-refractivity contribution in [1.29, 1.82) is 5.26 Å². The molecule has 20 heavy (non-hydrogen) atoms. The van der Waals surface area contributed by atoms with Gasteiger partial charge in [0.1, 0.15) is 11.4 Å². The lowest BCUT2D eigenvalue weighted by Crippen LogP contribution is -2.36. The van der Waals surface area contributed by atoms with Gasteiger partial charge in [0.15, 0.2) is 0 Å². The highest BCUT2D eigenvalue weighted by atomic mass is 32.2. The highest BCUT2D eigenvalue weighted by molar-refractivity contribution is 7.89. The normalized spacial score (nSPS) is 11.1. The van der Waals surface area contributed by atoms with Crippen LogP contribution in [0.1, 0.15) is 12.5 Å². The van der Waals surface area contributed by atoms with Crippen LogP contribution in [0.15, 0.2) is 23.1 Å². The highest BCUT2D eigenvalue weighted by Gasteiger charge is 2.27. The molecule has 0 fully saturated rings. The maximum Gasteiger partial charge on any atom is 0.321 e. The van der Waals surface area contributed by atoms with E-state index in [1.54, 1.807) is 6.92 Å². The topological polar surface area (TPSA) is 113 Å². The Hall–Kier alpha value is -2.11. The number of carbonyl (C=O) groups excluding carboxylic acids is 1. The molecular formula is C12H15N3O4S. The van der Waals surface area contributed by atoms with E-state index in [-0.39, 0.29) is 22.7 Å². The van der Waals surface area contributed by atoms with Crippen LogP contribution in [0.4, 0.5) is 5.69 Å². The number of benzene rings is 1. The molecule has 1 aromatic rings. The summed E-state index contributed by atoms with van der Waals surface area (Å²) >= 11 is 0. The number of esters is 1. The summed E-state index contributed by atoms with van der Waals surface area (Å²) in [6.45, 7) is 1.30. The van der Waals surface area contributed by atoms with Crippen LogP contribution in [-0.4, -0.2) is 38.9 Å². The molecule has 2 N–H and O–H groups in total. The van der Waals surface area contributed by atoms with Crippen molar-refractivity contribution in [2.24, 2.45) is 0 Å². The van der Waals surface area contributed by atoms with Crippen LogP contribution in [0.2, 0.25) is 0 Å². The fraction of sp³-hybridized carbons (Fsp3) is 0.333. The molecule has 8 heteroatoms. The summed E-state index contributed by atoms with van der Waals surface area (Å²) in [4.78, 5) is 11.1. The van der Waals surface area contributed by atoms with E-state index in [1.165, 1.54) is 25.3 Å². The van der Waals surface area contributed by atoms with Crippen molar-refractivity contribution in [2.45, 2.75) is 11.8 Å². The maximum absolute atomic E-state index is 12.4. The molecule has 0 saturated heterocycles. The van der Waals surface area contributed by atoms with Gasteiger partial charge in [-0.05, 0) is 18.2 Å². The molecule has 0 unspecified atom stereocenters. The molecule has 0 aliphatic heterocycles. The number of nitrogen functional groups attached to an aromatic ring is 1. The summed E-state index contributed by atoms with van der Waals surface area (Å²) in [6.07, 6.45) is 0. The number of likely N-dealkylation sites (N-methyl/N-ethyl adjacent to an activating group) is 1. The lowest BCUT2D eigenvalue weighted by atomic mass is 10.2. The number of ether oxygens (including phenoxy) is 1. The molecule has 0 aliphatic carbocycles. The van der Waals surface area contributed by atoms with Crippen LogP contribution in [0.3, 0.4) is 0 Å². The SMILES string of the molecule is CCN(CC(=O)OC)S(=O)(=O)c1ccc(C#N)cc1N. The number of anilines is 1.